The van der Waals surface area contributed by atoms with Gasteiger partial charge in [-0.15, -0.1) is 0 Å². The molecule has 0 saturated carbocycles. The number of aromatic nitrogens is 2. The van der Waals surface area contributed by atoms with Gasteiger partial charge in [-0.3, -0.25) is 9.59 Å². The van der Waals surface area contributed by atoms with Crippen molar-refractivity contribution < 1.29 is 4.79 Å². The molecule has 0 unspecified atom stereocenters. The molecule has 1 amide bonds. The number of carbonyl (C=O) groups is 1. The number of hydrogen-bond donors (Lipinski definition) is 0. The van der Waals surface area contributed by atoms with Crippen LogP contribution in [-0.2, 0) is 17.9 Å². The summed E-state index contributed by atoms with van der Waals surface area (Å²) in [6.07, 6.45) is 1.62. The molecule has 0 radical (unpaired) electrons. The van der Waals surface area contributed by atoms with E-state index >= 15 is 0 Å². The number of carbonyl (C=O) groups excluding carboxylic acids is 1. The predicted molar refractivity (Wildman–Crippen MR) is 93.7 cm³/mol. The maximum absolute atomic E-state index is 12.4. The minimum absolute atomic E-state index is 0.0634. The fraction of sp³-hybridized carbons (Fsp3) is 0.211. The lowest BCUT2D eigenvalue weighted by Crippen LogP contribution is -2.34. The van der Waals surface area contributed by atoms with Gasteiger partial charge < -0.3 is 4.90 Å². The molecule has 0 saturated heterocycles. The van der Waals surface area contributed by atoms with Crippen LogP contribution in [0, 0.1) is 6.92 Å². The van der Waals surface area contributed by atoms with Gasteiger partial charge in [0.05, 0.1) is 11.6 Å². The van der Waals surface area contributed by atoms with Gasteiger partial charge in [-0.2, -0.15) is 5.10 Å². The molecule has 0 spiro atoms. The highest BCUT2D eigenvalue weighted by atomic mass is 16.2. The second-order valence-corrected chi connectivity index (χ2v) is 5.87. The molecule has 1 aromatic heterocycles. The zero-order valence-corrected chi connectivity index (χ0v) is 13.8. The third-order valence-electron chi connectivity index (χ3n) is 4.14. The largest absolute Gasteiger partial charge is 0.340 e. The van der Waals surface area contributed by atoms with E-state index < -0.39 is 0 Å². The van der Waals surface area contributed by atoms with Gasteiger partial charge in [0, 0.05) is 19.0 Å². The average Bonchev–Trinajstić information content (AvgIpc) is 2.59. The highest BCUT2D eigenvalue weighted by Gasteiger charge is 2.13. The Morgan fingerprint density at radius 3 is 2.62 bits per heavy atom. The second-order valence-electron chi connectivity index (χ2n) is 5.87. The summed E-state index contributed by atoms with van der Waals surface area (Å²) in [6, 6.07) is 15.2. The normalized spacial score (nSPS) is 10.8. The maximum atomic E-state index is 12.4. The summed E-state index contributed by atoms with van der Waals surface area (Å²) in [6.45, 7) is 2.46. The van der Waals surface area contributed by atoms with Gasteiger partial charge in [-0.05, 0) is 24.1 Å². The van der Waals surface area contributed by atoms with E-state index in [4.69, 9.17) is 0 Å². The summed E-state index contributed by atoms with van der Waals surface area (Å²) < 4.78 is 1.22. The average molecular weight is 321 g/mol. The minimum atomic E-state index is -0.245. The Hall–Kier alpha value is -2.95. The fourth-order valence-electron chi connectivity index (χ4n) is 2.62. The van der Waals surface area contributed by atoms with Crippen molar-refractivity contribution in [1.82, 2.24) is 14.7 Å². The number of aryl methyl sites for hydroxylation is 1. The fourth-order valence-corrected chi connectivity index (χ4v) is 2.62. The smallest absolute Gasteiger partial charge is 0.275 e. The van der Waals surface area contributed by atoms with E-state index in [2.05, 4.69) is 5.10 Å². The van der Waals surface area contributed by atoms with Crippen LogP contribution in [0.15, 0.2) is 59.5 Å². The highest BCUT2D eigenvalue weighted by Crippen LogP contribution is 2.10. The Morgan fingerprint density at radius 1 is 1.12 bits per heavy atom. The molecule has 1 heterocycles. The van der Waals surface area contributed by atoms with Gasteiger partial charge in [0.25, 0.3) is 5.56 Å². The Morgan fingerprint density at radius 2 is 1.83 bits per heavy atom. The summed E-state index contributed by atoms with van der Waals surface area (Å²) in [7, 11) is 1.74. The van der Waals surface area contributed by atoms with Crippen LogP contribution in [0.5, 0.6) is 0 Å². The van der Waals surface area contributed by atoms with E-state index in [0.717, 1.165) is 16.5 Å². The molecule has 0 atom stereocenters. The first-order valence-corrected chi connectivity index (χ1v) is 7.79. The summed E-state index contributed by atoms with van der Waals surface area (Å²) >= 11 is 0. The molecular formula is C19H19N3O2. The van der Waals surface area contributed by atoms with Gasteiger partial charge in [-0.1, -0.05) is 42.5 Å². The quantitative estimate of drug-likeness (QED) is 0.741. The van der Waals surface area contributed by atoms with E-state index in [1.54, 1.807) is 30.3 Å². The van der Waals surface area contributed by atoms with Crippen molar-refractivity contribution in [3.8, 4) is 0 Å². The molecule has 0 aliphatic rings. The van der Waals surface area contributed by atoms with Crippen LogP contribution in [0.1, 0.15) is 11.1 Å². The summed E-state index contributed by atoms with van der Waals surface area (Å²) in [5.74, 6) is -0.150. The molecule has 0 aliphatic carbocycles. The molecule has 3 aromatic rings. The number of rotatable bonds is 4. The van der Waals surface area contributed by atoms with Gasteiger partial charge >= 0.3 is 0 Å². The Balaban J connectivity index is 1.78. The summed E-state index contributed by atoms with van der Waals surface area (Å²) in [5, 5.41) is 5.46. The predicted octanol–water partition coefficient (Wildman–Crippen LogP) is 2.36. The van der Waals surface area contributed by atoms with Crippen LogP contribution in [-0.4, -0.2) is 27.6 Å². The molecule has 0 N–H and O–H groups in total. The molecule has 3 rings (SSSR count). The molecule has 0 aliphatic heterocycles. The summed E-state index contributed by atoms with van der Waals surface area (Å²) in [4.78, 5) is 26.5. The van der Waals surface area contributed by atoms with E-state index in [-0.39, 0.29) is 18.0 Å². The van der Waals surface area contributed by atoms with Gasteiger partial charge in [0.2, 0.25) is 5.91 Å². The van der Waals surface area contributed by atoms with Crippen LogP contribution >= 0.6 is 0 Å². The number of hydrogen-bond acceptors (Lipinski definition) is 3. The minimum Gasteiger partial charge on any atom is -0.340 e. The number of likely N-dealkylation sites (N-methyl/N-ethyl adjacent to an activating group) is 1. The van der Waals surface area contributed by atoms with E-state index in [1.807, 2.05) is 43.3 Å². The second kappa shape index (κ2) is 6.66. The van der Waals surface area contributed by atoms with Crippen molar-refractivity contribution in [2.45, 2.75) is 20.0 Å². The lowest BCUT2D eigenvalue weighted by Gasteiger charge is -2.18. The van der Waals surface area contributed by atoms with Gasteiger partial charge in [0.15, 0.2) is 0 Å². The first-order valence-electron chi connectivity index (χ1n) is 7.79. The van der Waals surface area contributed by atoms with Crippen molar-refractivity contribution >= 4 is 16.7 Å². The maximum Gasteiger partial charge on any atom is 0.275 e. The monoisotopic (exact) mass is 321 g/mol. The van der Waals surface area contributed by atoms with Crippen molar-refractivity contribution in [1.29, 1.82) is 0 Å². The molecule has 122 valence electrons. The molecule has 0 fully saturated rings. The molecule has 0 bridgehead atoms. The van der Waals surface area contributed by atoms with E-state index in [0.29, 0.717) is 11.9 Å². The zero-order valence-electron chi connectivity index (χ0n) is 13.8. The van der Waals surface area contributed by atoms with Crippen molar-refractivity contribution in [2.75, 3.05) is 7.05 Å². The topological polar surface area (TPSA) is 55.2 Å². The third-order valence-corrected chi connectivity index (χ3v) is 4.14. The summed E-state index contributed by atoms with van der Waals surface area (Å²) in [5.41, 5.74) is 1.98. The number of amides is 1. The zero-order chi connectivity index (χ0) is 17.1. The third kappa shape index (κ3) is 3.20. The standard InChI is InChI=1S/C19H19N3O2/c1-14-7-3-4-9-16(14)12-21(2)18(23)13-22-19(24)17-10-6-5-8-15(17)11-20-22/h3-11H,12-13H2,1-2H3. The number of benzene rings is 2. The number of nitrogens with zero attached hydrogens (tertiary/aromatic N) is 3. The SMILES string of the molecule is Cc1ccccc1CN(C)C(=O)Cn1ncc2ccccc2c1=O. The number of fused-ring (bicyclic) bond motifs is 1. The van der Waals surface area contributed by atoms with Crippen LogP contribution in [0.4, 0.5) is 0 Å². The molecule has 5 heteroatoms. The van der Waals surface area contributed by atoms with Crippen LogP contribution < -0.4 is 5.56 Å². The van der Waals surface area contributed by atoms with Crippen LogP contribution in [0.25, 0.3) is 10.8 Å². The molecular weight excluding hydrogens is 302 g/mol. The Kier molecular flexibility index (Phi) is 4.42. The van der Waals surface area contributed by atoms with Gasteiger partial charge in [-0.25, -0.2) is 4.68 Å². The van der Waals surface area contributed by atoms with E-state index in [1.165, 1.54) is 4.68 Å². The van der Waals surface area contributed by atoms with Crippen molar-refractivity contribution in [2.24, 2.45) is 0 Å². The van der Waals surface area contributed by atoms with Gasteiger partial charge in [0.1, 0.15) is 6.54 Å². The van der Waals surface area contributed by atoms with Crippen LogP contribution in [0.2, 0.25) is 0 Å². The Labute approximate surface area is 140 Å². The molecule has 24 heavy (non-hydrogen) atoms. The lowest BCUT2D eigenvalue weighted by atomic mass is 10.1. The molecule has 2 aromatic carbocycles. The first-order chi connectivity index (χ1) is 11.6. The first kappa shape index (κ1) is 15.9. The van der Waals surface area contributed by atoms with Crippen LogP contribution in [0.3, 0.4) is 0 Å². The lowest BCUT2D eigenvalue weighted by molar-refractivity contribution is -0.131. The molecule has 5 nitrogen and oxygen atoms in total. The van der Waals surface area contributed by atoms with Crippen molar-refractivity contribution in [3.05, 3.63) is 76.2 Å². The van der Waals surface area contributed by atoms with Crippen molar-refractivity contribution in [3.63, 3.8) is 0 Å². The Bertz CT molecular complexity index is 946. The van der Waals surface area contributed by atoms with E-state index in [9.17, 15) is 9.59 Å². The highest BCUT2D eigenvalue weighted by molar-refractivity contribution is 5.81.